The molecule has 1 rings (SSSR count). The van der Waals surface area contributed by atoms with Gasteiger partial charge in [-0.1, -0.05) is 0 Å². The molecular weight excluding hydrogens is 211 g/mol. The summed E-state index contributed by atoms with van der Waals surface area (Å²) in [7, 11) is -3.37. The monoisotopic (exact) mass is 224 g/mol. The molecule has 0 aromatic rings. The second kappa shape index (κ2) is 4.77. The van der Waals surface area contributed by atoms with Crippen LogP contribution in [0.15, 0.2) is 0 Å². The SMILES string of the molecule is CCOP(=O)(OCC)C1COC(=O)O1. The van der Waals surface area contributed by atoms with Crippen LogP contribution in [0.2, 0.25) is 0 Å². The van der Waals surface area contributed by atoms with E-state index in [1.165, 1.54) is 0 Å². The largest absolute Gasteiger partial charge is 0.509 e. The maximum absolute atomic E-state index is 12.0. The minimum atomic E-state index is -3.37. The Kier molecular flexibility index (Phi) is 3.92. The van der Waals surface area contributed by atoms with Crippen LogP contribution in [0.3, 0.4) is 0 Å². The van der Waals surface area contributed by atoms with Gasteiger partial charge < -0.3 is 18.5 Å². The van der Waals surface area contributed by atoms with Crippen molar-refractivity contribution in [2.24, 2.45) is 0 Å². The van der Waals surface area contributed by atoms with Crippen molar-refractivity contribution >= 4 is 13.8 Å². The van der Waals surface area contributed by atoms with Crippen molar-refractivity contribution in [3.8, 4) is 0 Å². The number of carbonyl (C=O) groups is 1. The molecule has 0 aromatic carbocycles. The van der Waals surface area contributed by atoms with Crippen LogP contribution >= 0.6 is 7.60 Å². The van der Waals surface area contributed by atoms with E-state index in [0.29, 0.717) is 0 Å². The second-order valence-corrected chi connectivity index (χ2v) is 4.68. The van der Waals surface area contributed by atoms with Gasteiger partial charge in [-0.25, -0.2) is 4.79 Å². The van der Waals surface area contributed by atoms with Crippen LogP contribution in [-0.2, 0) is 23.1 Å². The van der Waals surface area contributed by atoms with Gasteiger partial charge in [0.05, 0.1) is 13.2 Å². The van der Waals surface area contributed by atoms with E-state index in [2.05, 4.69) is 9.47 Å². The van der Waals surface area contributed by atoms with Crippen molar-refractivity contribution in [1.29, 1.82) is 0 Å². The quantitative estimate of drug-likeness (QED) is 0.523. The molecule has 0 spiro atoms. The van der Waals surface area contributed by atoms with Crippen LogP contribution < -0.4 is 0 Å². The molecule has 0 radical (unpaired) electrons. The molecule has 1 aliphatic rings. The van der Waals surface area contributed by atoms with E-state index in [9.17, 15) is 9.36 Å². The van der Waals surface area contributed by atoms with Gasteiger partial charge in [-0.15, -0.1) is 0 Å². The molecule has 1 saturated heterocycles. The number of cyclic esters (lactones) is 2. The fourth-order valence-corrected chi connectivity index (χ4v) is 2.64. The summed E-state index contributed by atoms with van der Waals surface area (Å²) < 4.78 is 31.1. The fourth-order valence-electron chi connectivity index (χ4n) is 1.04. The van der Waals surface area contributed by atoms with Gasteiger partial charge in [-0.05, 0) is 13.8 Å². The van der Waals surface area contributed by atoms with Crippen molar-refractivity contribution < 1.29 is 27.9 Å². The third-order valence-electron chi connectivity index (χ3n) is 1.55. The zero-order chi connectivity index (χ0) is 10.6. The predicted octanol–water partition coefficient (Wildman–Crippen LogP) is 1.75. The van der Waals surface area contributed by atoms with Crippen LogP contribution in [0, 0.1) is 0 Å². The van der Waals surface area contributed by atoms with Gasteiger partial charge in [0.2, 0.25) is 5.85 Å². The molecule has 1 aliphatic heterocycles. The van der Waals surface area contributed by atoms with E-state index in [0.717, 1.165) is 0 Å². The average molecular weight is 224 g/mol. The summed E-state index contributed by atoms with van der Waals surface area (Å²) in [6.07, 6.45) is -0.838. The highest BCUT2D eigenvalue weighted by Gasteiger charge is 2.44. The molecule has 14 heavy (non-hydrogen) atoms. The third kappa shape index (κ3) is 2.47. The number of carbonyl (C=O) groups excluding carboxylic acids is 1. The number of hydrogen-bond acceptors (Lipinski definition) is 6. The van der Waals surface area contributed by atoms with Gasteiger partial charge in [-0.3, -0.25) is 4.57 Å². The Morgan fingerprint density at radius 3 is 2.36 bits per heavy atom. The number of hydrogen-bond donors (Lipinski definition) is 0. The lowest BCUT2D eigenvalue weighted by molar-refractivity contribution is 0.118. The standard InChI is InChI=1S/C7H13O6P/c1-3-11-14(9,12-4-2)6-5-10-7(8)13-6/h6H,3-5H2,1-2H3. The molecule has 1 atom stereocenters. The molecule has 0 aromatic heterocycles. The van der Waals surface area contributed by atoms with Gasteiger partial charge >= 0.3 is 13.8 Å². The highest BCUT2D eigenvalue weighted by atomic mass is 31.2. The molecule has 6 nitrogen and oxygen atoms in total. The Morgan fingerprint density at radius 1 is 1.43 bits per heavy atom. The first-order valence-electron chi connectivity index (χ1n) is 4.34. The Balaban J connectivity index is 2.66. The Hall–Kier alpha value is -0.580. The zero-order valence-electron chi connectivity index (χ0n) is 8.10. The zero-order valence-corrected chi connectivity index (χ0v) is 8.99. The van der Waals surface area contributed by atoms with E-state index in [4.69, 9.17) is 9.05 Å². The van der Waals surface area contributed by atoms with Gasteiger partial charge in [-0.2, -0.15) is 0 Å². The van der Waals surface area contributed by atoms with Crippen LogP contribution in [0.1, 0.15) is 13.8 Å². The Bertz CT molecular complexity index is 243. The summed E-state index contributed by atoms with van der Waals surface area (Å²) >= 11 is 0. The molecule has 1 fully saturated rings. The highest BCUT2D eigenvalue weighted by Crippen LogP contribution is 2.54. The van der Waals surface area contributed by atoms with E-state index in [-0.39, 0.29) is 19.8 Å². The molecule has 7 heteroatoms. The lowest BCUT2D eigenvalue weighted by Crippen LogP contribution is -2.15. The van der Waals surface area contributed by atoms with E-state index < -0.39 is 19.6 Å². The van der Waals surface area contributed by atoms with E-state index in [1.807, 2.05) is 0 Å². The number of ether oxygens (including phenoxy) is 2. The van der Waals surface area contributed by atoms with Gasteiger partial charge in [0, 0.05) is 0 Å². The van der Waals surface area contributed by atoms with Crippen molar-refractivity contribution in [3.63, 3.8) is 0 Å². The highest BCUT2D eigenvalue weighted by molar-refractivity contribution is 7.54. The summed E-state index contributed by atoms with van der Waals surface area (Å²) in [4.78, 5) is 10.6. The first-order valence-corrected chi connectivity index (χ1v) is 5.95. The minimum Gasteiger partial charge on any atom is -0.430 e. The molecule has 0 saturated carbocycles. The van der Waals surface area contributed by atoms with Crippen LogP contribution in [-0.4, -0.2) is 31.8 Å². The topological polar surface area (TPSA) is 71.1 Å². The van der Waals surface area contributed by atoms with Crippen molar-refractivity contribution in [2.75, 3.05) is 19.8 Å². The van der Waals surface area contributed by atoms with Gasteiger partial charge in [0.15, 0.2) is 0 Å². The van der Waals surface area contributed by atoms with Crippen molar-refractivity contribution in [1.82, 2.24) is 0 Å². The maximum Gasteiger partial charge on any atom is 0.509 e. The van der Waals surface area contributed by atoms with E-state index in [1.54, 1.807) is 13.8 Å². The first-order chi connectivity index (χ1) is 6.62. The van der Waals surface area contributed by atoms with Crippen LogP contribution in [0.25, 0.3) is 0 Å². The summed E-state index contributed by atoms with van der Waals surface area (Å²) in [6, 6.07) is 0. The summed E-state index contributed by atoms with van der Waals surface area (Å²) in [5.74, 6) is -0.935. The first kappa shape index (κ1) is 11.5. The summed E-state index contributed by atoms with van der Waals surface area (Å²) in [5, 5.41) is 0. The Labute approximate surface area is 82.0 Å². The molecule has 0 aliphatic carbocycles. The fraction of sp³-hybridized carbons (Fsp3) is 0.857. The molecule has 1 unspecified atom stereocenters. The van der Waals surface area contributed by atoms with Crippen molar-refractivity contribution in [3.05, 3.63) is 0 Å². The van der Waals surface area contributed by atoms with Crippen LogP contribution in [0.4, 0.5) is 4.79 Å². The lowest BCUT2D eigenvalue weighted by atomic mass is 10.8. The molecule has 0 amide bonds. The molecule has 82 valence electrons. The maximum atomic E-state index is 12.0. The summed E-state index contributed by atoms with van der Waals surface area (Å²) in [5.41, 5.74) is 0. The third-order valence-corrected chi connectivity index (χ3v) is 3.74. The van der Waals surface area contributed by atoms with Crippen molar-refractivity contribution in [2.45, 2.75) is 19.7 Å². The second-order valence-electron chi connectivity index (χ2n) is 2.51. The molecule has 1 heterocycles. The van der Waals surface area contributed by atoms with Gasteiger partial charge in [0.1, 0.15) is 6.61 Å². The minimum absolute atomic E-state index is 0.0872. The molecular formula is C7H13O6P. The van der Waals surface area contributed by atoms with Crippen LogP contribution in [0.5, 0.6) is 0 Å². The normalized spacial score (nSPS) is 21.9. The molecule has 0 bridgehead atoms. The lowest BCUT2D eigenvalue weighted by Gasteiger charge is -2.19. The van der Waals surface area contributed by atoms with Gasteiger partial charge in [0.25, 0.3) is 0 Å². The summed E-state index contributed by atoms with van der Waals surface area (Å²) in [6.45, 7) is 3.74. The molecule has 0 N–H and O–H groups in total. The average Bonchev–Trinajstić information content (AvgIpc) is 2.53. The predicted molar refractivity (Wildman–Crippen MR) is 47.1 cm³/mol. The number of rotatable bonds is 5. The Morgan fingerprint density at radius 2 is 2.00 bits per heavy atom. The smallest absolute Gasteiger partial charge is 0.430 e. The van der Waals surface area contributed by atoms with E-state index >= 15 is 0 Å².